The highest BCUT2D eigenvalue weighted by Crippen LogP contribution is 2.32. The largest absolute Gasteiger partial charge is 0.490 e. The van der Waals surface area contributed by atoms with Crippen LogP contribution in [0, 0.1) is 0 Å². The molecule has 0 amide bonds. The van der Waals surface area contributed by atoms with Crippen LogP contribution in [0.15, 0.2) is 112 Å². The first-order chi connectivity index (χ1) is 21.0. The van der Waals surface area contributed by atoms with Crippen molar-refractivity contribution in [2.75, 3.05) is 13.7 Å². The van der Waals surface area contributed by atoms with Crippen LogP contribution in [-0.4, -0.2) is 24.3 Å². The van der Waals surface area contributed by atoms with Gasteiger partial charge in [0, 0.05) is 0 Å². The number of benzene rings is 4. The van der Waals surface area contributed by atoms with Gasteiger partial charge in [-0.25, -0.2) is 9.79 Å². The number of carbonyl (C=O) groups excluding carboxylic acids is 1. The molecule has 4 aromatic carbocycles. The maximum Gasteiger partial charge on any atom is 0.338 e. The molecule has 1 unspecified atom stereocenters. The van der Waals surface area contributed by atoms with E-state index in [9.17, 15) is 9.59 Å². The Morgan fingerprint density at radius 3 is 2.51 bits per heavy atom. The van der Waals surface area contributed by atoms with Gasteiger partial charge in [0.1, 0.15) is 6.61 Å². The Balaban J connectivity index is 1.37. The van der Waals surface area contributed by atoms with E-state index < -0.39 is 12.0 Å². The quantitative estimate of drug-likeness (QED) is 0.222. The molecular formula is C35H30N2O5S. The van der Waals surface area contributed by atoms with Gasteiger partial charge in [0.25, 0.3) is 5.56 Å². The highest BCUT2D eigenvalue weighted by molar-refractivity contribution is 7.07. The molecule has 1 aliphatic rings. The first-order valence-electron chi connectivity index (χ1n) is 14.0. The summed E-state index contributed by atoms with van der Waals surface area (Å²) in [6.45, 7) is 4.54. The van der Waals surface area contributed by atoms with Crippen LogP contribution in [0.2, 0.25) is 0 Å². The number of allylic oxidation sites excluding steroid dienone is 1. The molecule has 6 rings (SSSR count). The number of carbonyl (C=O) groups is 1. The van der Waals surface area contributed by atoms with Gasteiger partial charge in [-0.1, -0.05) is 90.2 Å². The molecule has 2 heterocycles. The fraction of sp³-hybridized carbons (Fsp3) is 0.171. The second-order valence-electron chi connectivity index (χ2n) is 10.1. The van der Waals surface area contributed by atoms with Crippen LogP contribution in [0.5, 0.6) is 11.5 Å². The van der Waals surface area contributed by atoms with Crippen LogP contribution in [0.1, 0.15) is 36.6 Å². The van der Waals surface area contributed by atoms with E-state index in [1.165, 1.54) is 18.4 Å². The Bertz CT molecular complexity index is 2040. The van der Waals surface area contributed by atoms with Crippen LogP contribution >= 0.6 is 11.3 Å². The van der Waals surface area contributed by atoms with Crippen LogP contribution in [0.3, 0.4) is 0 Å². The predicted octanol–water partition coefficient (Wildman–Crippen LogP) is 5.54. The molecule has 0 bridgehead atoms. The summed E-state index contributed by atoms with van der Waals surface area (Å²) in [5.41, 5.74) is 3.31. The van der Waals surface area contributed by atoms with Crippen molar-refractivity contribution in [2.45, 2.75) is 26.5 Å². The molecule has 1 aromatic heterocycles. The van der Waals surface area contributed by atoms with E-state index in [1.54, 1.807) is 11.5 Å². The van der Waals surface area contributed by atoms with Crippen molar-refractivity contribution in [3.8, 4) is 11.5 Å². The summed E-state index contributed by atoms with van der Waals surface area (Å²) in [6, 6.07) is 28.9. The van der Waals surface area contributed by atoms with Crippen LogP contribution in [0.4, 0.5) is 0 Å². The smallest absolute Gasteiger partial charge is 0.338 e. The third-order valence-corrected chi connectivity index (χ3v) is 8.35. The van der Waals surface area contributed by atoms with E-state index in [4.69, 9.17) is 14.2 Å². The van der Waals surface area contributed by atoms with Crippen molar-refractivity contribution in [1.82, 2.24) is 4.57 Å². The van der Waals surface area contributed by atoms with Crippen LogP contribution < -0.4 is 24.4 Å². The van der Waals surface area contributed by atoms with Gasteiger partial charge < -0.3 is 14.2 Å². The van der Waals surface area contributed by atoms with Gasteiger partial charge in [0.05, 0.1) is 35.6 Å². The molecule has 8 heteroatoms. The van der Waals surface area contributed by atoms with Crippen molar-refractivity contribution in [2.24, 2.45) is 4.99 Å². The Morgan fingerprint density at radius 1 is 0.953 bits per heavy atom. The molecule has 0 saturated carbocycles. The number of fused-ring (bicyclic) bond motifs is 2. The number of aromatic nitrogens is 1. The molecular weight excluding hydrogens is 560 g/mol. The Hall–Kier alpha value is -4.95. The molecule has 0 radical (unpaired) electrons. The summed E-state index contributed by atoms with van der Waals surface area (Å²) in [6.07, 6.45) is 1.82. The van der Waals surface area contributed by atoms with Crippen molar-refractivity contribution in [3.63, 3.8) is 0 Å². The summed E-state index contributed by atoms with van der Waals surface area (Å²) in [7, 11) is 1.33. The third-order valence-electron chi connectivity index (χ3n) is 7.37. The fourth-order valence-electron chi connectivity index (χ4n) is 5.37. The van der Waals surface area contributed by atoms with Gasteiger partial charge in [0.2, 0.25) is 0 Å². The minimum atomic E-state index is -0.643. The standard InChI is InChI=1S/C35H30N2O5S/c1-4-41-29-19-23(17-18-28(29)42-21-26-15-10-14-24-11-8-9-16-27(24)26)20-30-33(38)37-32(25-12-6-5-7-13-25)31(34(39)40-3)22(2)36-35(37)43-30/h5-20,32H,4,21H2,1-3H3. The van der Waals surface area contributed by atoms with E-state index in [0.29, 0.717) is 45.3 Å². The lowest BCUT2D eigenvalue weighted by Gasteiger charge is -2.24. The first kappa shape index (κ1) is 28.2. The SMILES string of the molecule is CCOc1cc(C=c2sc3n(c2=O)C(c2ccccc2)C(C(=O)OC)=C(C)N=3)ccc1OCc1cccc2ccccc12. The zero-order valence-electron chi connectivity index (χ0n) is 24.1. The van der Waals surface area contributed by atoms with Gasteiger partial charge in [-0.3, -0.25) is 9.36 Å². The van der Waals surface area contributed by atoms with E-state index in [2.05, 4.69) is 29.3 Å². The molecule has 0 fully saturated rings. The van der Waals surface area contributed by atoms with Crippen molar-refractivity contribution >= 4 is 34.2 Å². The van der Waals surface area contributed by atoms with Gasteiger partial charge in [0.15, 0.2) is 16.3 Å². The normalized spacial score (nSPS) is 14.8. The number of nitrogens with zero attached hydrogens (tertiary/aromatic N) is 2. The lowest BCUT2D eigenvalue weighted by Crippen LogP contribution is -2.39. The Kier molecular flexibility index (Phi) is 7.94. The maximum absolute atomic E-state index is 13.9. The molecule has 0 saturated heterocycles. The minimum Gasteiger partial charge on any atom is -0.490 e. The Morgan fingerprint density at radius 2 is 1.72 bits per heavy atom. The number of thiazole rings is 1. The molecule has 1 aliphatic heterocycles. The average Bonchev–Trinajstić information content (AvgIpc) is 3.33. The lowest BCUT2D eigenvalue weighted by atomic mass is 9.96. The summed E-state index contributed by atoms with van der Waals surface area (Å²) >= 11 is 1.28. The highest BCUT2D eigenvalue weighted by atomic mass is 32.1. The van der Waals surface area contributed by atoms with Crippen LogP contribution in [-0.2, 0) is 16.1 Å². The highest BCUT2D eigenvalue weighted by Gasteiger charge is 2.32. The molecule has 43 heavy (non-hydrogen) atoms. The number of rotatable bonds is 8. The maximum atomic E-state index is 13.9. The van der Waals surface area contributed by atoms with E-state index in [-0.39, 0.29) is 5.56 Å². The molecule has 0 N–H and O–H groups in total. The monoisotopic (exact) mass is 590 g/mol. The molecule has 1 atom stereocenters. The predicted molar refractivity (Wildman–Crippen MR) is 168 cm³/mol. The molecule has 0 aliphatic carbocycles. The molecule has 5 aromatic rings. The number of hydrogen-bond donors (Lipinski definition) is 0. The summed E-state index contributed by atoms with van der Waals surface area (Å²) < 4.78 is 19.3. The zero-order chi connectivity index (χ0) is 29.9. The second-order valence-corrected chi connectivity index (χ2v) is 11.1. The molecule has 7 nitrogen and oxygen atoms in total. The summed E-state index contributed by atoms with van der Waals surface area (Å²) in [4.78, 5) is 31.8. The lowest BCUT2D eigenvalue weighted by molar-refractivity contribution is -0.136. The summed E-state index contributed by atoms with van der Waals surface area (Å²) in [5.74, 6) is 0.705. The second kappa shape index (κ2) is 12.1. The minimum absolute atomic E-state index is 0.235. The van der Waals surface area contributed by atoms with Gasteiger partial charge in [-0.15, -0.1) is 0 Å². The van der Waals surface area contributed by atoms with Crippen molar-refractivity contribution < 1.29 is 19.0 Å². The first-order valence-corrected chi connectivity index (χ1v) is 14.8. The topological polar surface area (TPSA) is 79.1 Å². The van der Waals surface area contributed by atoms with E-state index in [0.717, 1.165) is 27.5 Å². The van der Waals surface area contributed by atoms with Gasteiger partial charge in [-0.05, 0) is 59.5 Å². The van der Waals surface area contributed by atoms with E-state index >= 15 is 0 Å². The third kappa shape index (κ3) is 5.49. The summed E-state index contributed by atoms with van der Waals surface area (Å²) in [5, 5.41) is 2.31. The van der Waals surface area contributed by atoms with Crippen molar-refractivity contribution in [1.29, 1.82) is 0 Å². The van der Waals surface area contributed by atoms with Gasteiger partial charge in [-0.2, -0.15) is 0 Å². The zero-order valence-corrected chi connectivity index (χ0v) is 24.9. The average molecular weight is 591 g/mol. The fourth-order valence-corrected chi connectivity index (χ4v) is 6.42. The number of hydrogen-bond acceptors (Lipinski definition) is 7. The van der Waals surface area contributed by atoms with Crippen molar-refractivity contribution in [3.05, 3.63) is 139 Å². The molecule has 216 valence electrons. The van der Waals surface area contributed by atoms with E-state index in [1.807, 2.05) is 79.7 Å². The number of methoxy groups -OCH3 is 1. The Labute approximate surface area is 252 Å². The number of ether oxygens (including phenoxy) is 3. The van der Waals surface area contributed by atoms with Gasteiger partial charge >= 0.3 is 5.97 Å². The number of esters is 1. The van der Waals surface area contributed by atoms with Crippen LogP contribution in [0.25, 0.3) is 16.8 Å². The molecule has 0 spiro atoms.